The second kappa shape index (κ2) is 6.14. The molecule has 0 radical (unpaired) electrons. The summed E-state index contributed by atoms with van der Waals surface area (Å²) in [4.78, 5) is 11.4. The molecule has 0 heterocycles. The molecule has 2 nitrogen and oxygen atoms in total. The average Bonchev–Trinajstić information content (AvgIpc) is 2.27. The number of benzene rings is 1. The van der Waals surface area contributed by atoms with Gasteiger partial charge in [-0.05, 0) is 25.5 Å². The van der Waals surface area contributed by atoms with Crippen molar-refractivity contribution in [2.75, 3.05) is 0 Å². The first kappa shape index (κ1) is 11.7. The zero-order valence-corrected chi connectivity index (χ0v) is 9.14. The standard InChI is InChI=1S/C13H16O2/c1-3-7-13(14)11(2)15-10-12-8-5-4-6-9-12/h3-9,11H,10H2,1-2H3/b7-3+. The minimum absolute atomic E-state index is 0.00781. The van der Waals surface area contributed by atoms with E-state index in [-0.39, 0.29) is 11.9 Å². The minimum Gasteiger partial charge on any atom is -0.366 e. The van der Waals surface area contributed by atoms with Crippen molar-refractivity contribution in [3.63, 3.8) is 0 Å². The van der Waals surface area contributed by atoms with Gasteiger partial charge in [0.2, 0.25) is 0 Å². The predicted molar refractivity (Wildman–Crippen MR) is 60.5 cm³/mol. The summed E-state index contributed by atoms with van der Waals surface area (Å²) in [6.07, 6.45) is 2.89. The van der Waals surface area contributed by atoms with Crippen molar-refractivity contribution in [2.45, 2.75) is 26.6 Å². The smallest absolute Gasteiger partial charge is 0.183 e. The van der Waals surface area contributed by atoms with Gasteiger partial charge in [-0.2, -0.15) is 0 Å². The summed E-state index contributed by atoms with van der Waals surface area (Å²) in [7, 11) is 0. The molecule has 0 amide bonds. The summed E-state index contributed by atoms with van der Waals surface area (Å²) >= 11 is 0. The molecule has 0 N–H and O–H groups in total. The lowest BCUT2D eigenvalue weighted by Gasteiger charge is -2.09. The maximum atomic E-state index is 11.4. The fourth-order valence-corrected chi connectivity index (χ4v) is 1.18. The molecule has 0 saturated carbocycles. The van der Waals surface area contributed by atoms with Gasteiger partial charge in [-0.3, -0.25) is 4.79 Å². The fraction of sp³-hybridized carbons (Fsp3) is 0.308. The van der Waals surface area contributed by atoms with Crippen LogP contribution in [0.3, 0.4) is 0 Å². The summed E-state index contributed by atoms with van der Waals surface area (Å²) in [5.74, 6) is 0.00781. The number of allylic oxidation sites excluding steroid dienone is 1. The number of carbonyl (C=O) groups excluding carboxylic acids is 1. The lowest BCUT2D eigenvalue weighted by molar-refractivity contribution is -0.125. The van der Waals surface area contributed by atoms with E-state index in [1.165, 1.54) is 6.08 Å². The zero-order chi connectivity index (χ0) is 11.1. The van der Waals surface area contributed by atoms with Crippen molar-refractivity contribution in [3.05, 3.63) is 48.0 Å². The van der Waals surface area contributed by atoms with Gasteiger partial charge < -0.3 is 4.74 Å². The maximum Gasteiger partial charge on any atom is 0.183 e. The molecule has 0 aliphatic carbocycles. The van der Waals surface area contributed by atoms with Crippen LogP contribution in [0, 0.1) is 0 Å². The van der Waals surface area contributed by atoms with Crippen LogP contribution in [0.15, 0.2) is 42.5 Å². The first-order valence-electron chi connectivity index (χ1n) is 5.06. The van der Waals surface area contributed by atoms with E-state index < -0.39 is 0 Å². The molecule has 1 rings (SSSR count). The largest absolute Gasteiger partial charge is 0.366 e. The summed E-state index contributed by atoms with van der Waals surface area (Å²) in [6.45, 7) is 4.07. The van der Waals surface area contributed by atoms with E-state index in [0.29, 0.717) is 6.61 Å². The lowest BCUT2D eigenvalue weighted by Crippen LogP contribution is -2.18. The molecule has 1 atom stereocenters. The topological polar surface area (TPSA) is 26.3 Å². The van der Waals surface area contributed by atoms with Crippen LogP contribution in [0.2, 0.25) is 0 Å². The molecular formula is C13H16O2. The van der Waals surface area contributed by atoms with Gasteiger partial charge in [0.1, 0.15) is 6.10 Å². The number of hydrogen-bond acceptors (Lipinski definition) is 2. The molecule has 0 bridgehead atoms. The summed E-state index contributed by atoms with van der Waals surface area (Å²) < 4.78 is 5.44. The second-order valence-corrected chi connectivity index (χ2v) is 3.34. The minimum atomic E-state index is -0.374. The van der Waals surface area contributed by atoms with Crippen molar-refractivity contribution in [2.24, 2.45) is 0 Å². The van der Waals surface area contributed by atoms with Gasteiger partial charge in [0.05, 0.1) is 6.61 Å². The van der Waals surface area contributed by atoms with Crippen LogP contribution in [0.1, 0.15) is 19.4 Å². The van der Waals surface area contributed by atoms with E-state index in [2.05, 4.69) is 0 Å². The lowest BCUT2D eigenvalue weighted by atomic mass is 10.2. The number of hydrogen-bond donors (Lipinski definition) is 0. The Bertz CT molecular complexity index is 328. The summed E-state index contributed by atoms with van der Waals surface area (Å²) in [5.41, 5.74) is 1.08. The third kappa shape index (κ3) is 4.09. The highest BCUT2D eigenvalue weighted by Gasteiger charge is 2.09. The van der Waals surface area contributed by atoms with Crippen molar-refractivity contribution < 1.29 is 9.53 Å². The van der Waals surface area contributed by atoms with Crippen molar-refractivity contribution in [3.8, 4) is 0 Å². The molecule has 80 valence electrons. The molecule has 0 saturated heterocycles. The van der Waals surface area contributed by atoms with Gasteiger partial charge >= 0.3 is 0 Å². The van der Waals surface area contributed by atoms with Crippen LogP contribution in [-0.2, 0) is 16.1 Å². The third-order valence-electron chi connectivity index (χ3n) is 2.07. The van der Waals surface area contributed by atoms with Crippen LogP contribution in [0.25, 0.3) is 0 Å². The van der Waals surface area contributed by atoms with E-state index >= 15 is 0 Å². The molecule has 1 aromatic carbocycles. The normalized spacial score (nSPS) is 12.9. The first-order valence-corrected chi connectivity index (χ1v) is 5.06. The van der Waals surface area contributed by atoms with Crippen LogP contribution in [0.5, 0.6) is 0 Å². The Balaban J connectivity index is 2.41. The molecule has 0 aromatic heterocycles. The molecule has 0 aliphatic heterocycles. The number of carbonyl (C=O) groups is 1. The fourth-order valence-electron chi connectivity index (χ4n) is 1.18. The highest BCUT2D eigenvalue weighted by Crippen LogP contribution is 2.04. The third-order valence-corrected chi connectivity index (χ3v) is 2.07. The average molecular weight is 204 g/mol. The monoisotopic (exact) mass is 204 g/mol. The van der Waals surface area contributed by atoms with Gasteiger partial charge in [-0.15, -0.1) is 0 Å². The Kier molecular flexibility index (Phi) is 4.78. The number of ether oxygens (including phenoxy) is 1. The first-order chi connectivity index (χ1) is 7.24. The predicted octanol–water partition coefficient (Wildman–Crippen LogP) is 2.74. The quantitative estimate of drug-likeness (QED) is 0.689. The van der Waals surface area contributed by atoms with Crippen molar-refractivity contribution >= 4 is 5.78 Å². The molecule has 2 heteroatoms. The molecule has 0 aliphatic rings. The SMILES string of the molecule is C/C=C/C(=O)C(C)OCc1ccccc1. The Morgan fingerprint density at radius 2 is 2.07 bits per heavy atom. The van der Waals surface area contributed by atoms with Crippen LogP contribution in [-0.4, -0.2) is 11.9 Å². The van der Waals surface area contributed by atoms with Crippen LogP contribution >= 0.6 is 0 Å². The molecule has 15 heavy (non-hydrogen) atoms. The number of ketones is 1. The molecule has 0 fully saturated rings. The Morgan fingerprint density at radius 3 is 2.67 bits per heavy atom. The maximum absolute atomic E-state index is 11.4. The Labute approximate surface area is 90.6 Å². The van der Waals surface area contributed by atoms with E-state index in [1.54, 1.807) is 13.0 Å². The van der Waals surface area contributed by atoms with Crippen molar-refractivity contribution in [1.29, 1.82) is 0 Å². The Morgan fingerprint density at radius 1 is 1.40 bits per heavy atom. The van der Waals surface area contributed by atoms with Crippen LogP contribution in [0.4, 0.5) is 0 Å². The van der Waals surface area contributed by atoms with Gasteiger partial charge in [0.25, 0.3) is 0 Å². The van der Waals surface area contributed by atoms with Gasteiger partial charge in [0.15, 0.2) is 5.78 Å². The van der Waals surface area contributed by atoms with E-state index in [0.717, 1.165) is 5.56 Å². The van der Waals surface area contributed by atoms with Gasteiger partial charge in [0, 0.05) is 0 Å². The van der Waals surface area contributed by atoms with E-state index in [4.69, 9.17) is 4.74 Å². The van der Waals surface area contributed by atoms with E-state index in [1.807, 2.05) is 37.3 Å². The molecular weight excluding hydrogens is 188 g/mol. The number of rotatable bonds is 5. The van der Waals surface area contributed by atoms with Gasteiger partial charge in [-0.1, -0.05) is 36.4 Å². The van der Waals surface area contributed by atoms with Crippen molar-refractivity contribution in [1.82, 2.24) is 0 Å². The molecule has 1 aromatic rings. The summed E-state index contributed by atoms with van der Waals surface area (Å²) in [6, 6.07) is 9.83. The summed E-state index contributed by atoms with van der Waals surface area (Å²) in [5, 5.41) is 0. The second-order valence-electron chi connectivity index (χ2n) is 3.34. The highest BCUT2D eigenvalue weighted by atomic mass is 16.5. The van der Waals surface area contributed by atoms with E-state index in [9.17, 15) is 4.79 Å². The zero-order valence-electron chi connectivity index (χ0n) is 9.14. The Hall–Kier alpha value is -1.41. The van der Waals surface area contributed by atoms with Crippen LogP contribution < -0.4 is 0 Å². The molecule has 0 spiro atoms. The van der Waals surface area contributed by atoms with Gasteiger partial charge in [-0.25, -0.2) is 0 Å². The highest BCUT2D eigenvalue weighted by molar-refractivity contribution is 5.93. The molecule has 1 unspecified atom stereocenters.